The second kappa shape index (κ2) is 6.02. The number of carboxylic acid groups (broad SMARTS) is 1. The maximum Gasteiger partial charge on any atom is 0.317 e. The maximum atomic E-state index is 11.0. The minimum absolute atomic E-state index is 0.0689. The van der Waals surface area contributed by atoms with E-state index in [1.165, 1.54) is 11.1 Å². The van der Waals surface area contributed by atoms with Gasteiger partial charge in [-0.2, -0.15) is 0 Å². The Labute approximate surface area is 114 Å². The number of fused-ring (bicyclic) bond motifs is 1. The van der Waals surface area contributed by atoms with Gasteiger partial charge in [0.05, 0.1) is 6.54 Å². The molecule has 0 radical (unpaired) electrons. The number of rotatable bonds is 5. The summed E-state index contributed by atoms with van der Waals surface area (Å²) in [4.78, 5) is 13.0. The molecular formula is C16H21NO2. The Morgan fingerprint density at radius 3 is 2.74 bits per heavy atom. The minimum Gasteiger partial charge on any atom is -0.480 e. The molecule has 0 fully saturated rings. The molecule has 3 heteroatoms. The van der Waals surface area contributed by atoms with E-state index in [4.69, 9.17) is 5.11 Å². The smallest absolute Gasteiger partial charge is 0.317 e. The number of aliphatic carboxylic acids is 1. The van der Waals surface area contributed by atoms with E-state index in [1.807, 2.05) is 11.0 Å². The molecule has 1 N–H and O–H groups in total. The summed E-state index contributed by atoms with van der Waals surface area (Å²) in [6, 6.07) is 8.59. The van der Waals surface area contributed by atoms with Gasteiger partial charge in [0.15, 0.2) is 0 Å². The van der Waals surface area contributed by atoms with Crippen LogP contribution in [-0.4, -0.2) is 29.1 Å². The largest absolute Gasteiger partial charge is 0.480 e. The number of carbonyl (C=O) groups is 1. The van der Waals surface area contributed by atoms with Crippen LogP contribution >= 0.6 is 0 Å². The summed E-state index contributed by atoms with van der Waals surface area (Å²) in [6.07, 6.45) is 3.90. The van der Waals surface area contributed by atoms with Gasteiger partial charge >= 0.3 is 5.97 Å². The van der Waals surface area contributed by atoms with Crippen molar-refractivity contribution in [3.05, 3.63) is 48.0 Å². The summed E-state index contributed by atoms with van der Waals surface area (Å²) in [5, 5.41) is 9.07. The zero-order chi connectivity index (χ0) is 13.8. The first-order valence-electron chi connectivity index (χ1n) is 6.79. The van der Waals surface area contributed by atoms with Crippen LogP contribution in [0.15, 0.2) is 36.9 Å². The van der Waals surface area contributed by atoms with E-state index in [0.717, 1.165) is 12.8 Å². The Bertz CT molecular complexity index is 470. The van der Waals surface area contributed by atoms with Crippen molar-refractivity contribution >= 4 is 5.97 Å². The van der Waals surface area contributed by atoms with Crippen molar-refractivity contribution < 1.29 is 9.90 Å². The van der Waals surface area contributed by atoms with Gasteiger partial charge in [-0.05, 0) is 29.9 Å². The molecule has 0 bridgehead atoms. The van der Waals surface area contributed by atoms with E-state index in [1.54, 1.807) is 6.08 Å². The predicted molar refractivity (Wildman–Crippen MR) is 76.2 cm³/mol. The molecule has 0 saturated carbocycles. The molecule has 1 aliphatic carbocycles. The molecule has 102 valence electrons. The molecule has 2 atom stereocenters. The van der Waals surface area contributed by atoms with Gasteiger partial charge in [0.25, 0.3) is 0 Å². The zero-order valence-electron chi connectivity index (χ0n) is 11.4. The molecule has 1 aromatic carbocycles. The number of nitrogens with zero attached hydrogens (tertiary/aromatic N) is 1. The quantitative estimate of drug-likeness (QED) is 0.825. The third kappa shape index (κ3) is 3.04. The molecular weight excluding hydrogens is 238 g/mol. The molecule has 19 heavy (non-hydrogen) atoms. The number of carboxylic acids is 1. The van der Waals surface area contributed by atoms with Gasteiger partial charge in [-0.25, -0.2) is 0 Å². The van der Waals surface area contributed by atoms with Crippen LogP contribution in [0.5, 0.6) is 0 Å². The topological polar surface area (TPSA) is 40.5 Å². The average Bonchev–Trinajstić information content (AvgIpc) is 2.39. The van der Waals surface area contributed by atoms with Gasteiger partial charge in [0.2, 0.25) is 0 Å². The van der Waals surface area contributed by atoms with Crippen molar-refractivity contribution in [2.45, 2.75) is 31.7 Å². The summed E-state index contributed by atoms with van der Waals surface area (Å²) < 4.78 is 0. The first-order chi connectivity index (χ1) is 9.13. The molecule has 0 aliphatic heterocycles. The number of benzene rings is 1. The second-order valence-corrected chi connectivity index (χ2v) is 5.23. The summed E-state index contributed by atoms with van der Waals surface area (Å²) in [5.41, 5.74) is 2.64. The first kappa shape index (κ1) is 13.8. The van der Waals surface area contributed by atoms with E-state index >= 15 is 0 Å². The fraction of sp³-hybridized carbons (Fsp3) is 0.438. The van der Waals surface area contributed by atoms with Crippen molar-refractivity contribution in [1.82, 2.24) is 4.90 Å². The third-order valence-corrected chi connectivity index (χ3v) is 3.90. The summed E-state index contributed by atoms with van der Waals surface area (Å²) >= 11 is 0. The Morgan fingerprint density at radius 2 is 2.11 bits per heavy atom. The summed E-state index contributed by atoms with van der Waals surface area (Å²) in [5.74, 6) is -0.221. The lowest BCUT2D eigenvalue weighted by Gasteiger charge is -2.36. The SMILES string of the molecule is C=CCN(CC(=O)O)C1CCC(C)c2ccccc21. The highest BCUT2D eigenvalue weighted by Crippen LogP contribution is 2.39. The van der Waals surface area contributed by atoms with Gasteiger partial charge in [-0.15, -0.1) is 6.58 Å². The number of hydrogen-bond donors (Lipinski definition) is 1. The molecule has 3 nitrogen and oxygen atoms in total. The molecule has 2 rings (SSSR count). The van der Waals surface area contributed by atoms with E-state index in [-0.39, 0.29) is 12.6 Å². The second-order valence-electron chi connectivity index (χ2n) is 5.23. The van der Waals surface area contributed by atoms with Crippen molar-refractivity contribution in [2.75, 3.05) is 13.1 Å². The molecule has 1 aliphatic rings. The normalized spacial score (nSPS) is 22.0. The Balaban J connectivity index is 2.30. The highest BCUT2D eigenvalue weighted by molar-refractivity contribution is 5.69. The van der Waals surface area contributed by atoms with Crippen LogP contribution in [0.1, 0.15) is 42.9 Å². The Morgan fingerprint density at radius 1 is 1.42 bits per heavy atom. The van der Waals surface area contributed by atoms with Crippen LogP contribution in [-0.2, 0) is 4.79 Å². The van der Waals surface area contributed by atoms with Gasteiger partial charge in [-0.1, -0.05) is 37.3 Å². The average molecular weight is 259 g/mol. The molecule has 0 aromatic heterocycles. The predicted octanol–water partition coefficient (Wildman–Crippen LogP) is 3.20. The molecule has 1 aromatic rings. The van der Waals surface area contributed by atoms with Crippen molar-refractivity contribution in [3.8, 4) is 0 Å². The van der Waals surface area contributed by atoms with E-state index in [9.17, 15) is 4.79 Å². The fourth-order valence-corrected chi connectivity index (χ4v) is 3.00. The van der Waals surface area contributed by atoms with Gasteiger partial charge in [0.1, 0.15) is 0 Å². The van der Waals surface area contributed by atoms with Crippen LogP contribution in [0.4, 0.5) is 0 Å². The lowest BCUT2D eigenvalue weighted by atomic mass is 9.80. The minimum atomic E-state index is -0.780. The molecule has 0 saturated heterocycles. The molecule has 0 amide bonds. The fourth-order valence-electron chi connectivity index (χ4n) is 3.00. The lowest BCUT2D eigenvalue weighted by molar-refractivity contribution is -0.138. The van der Waals surface area contributed by atoms with E-state index in [0.29, 0.717) is 12.5 Å². The van der Waals surface area contributed by atoms with Gasteiger partial charge in [0, 0.05) is 12.6 Å². The molecule has 2 unspecified atom stereocenters. The first-order valence-corrected chi connectivity index (χ1v) is 6.79. The highest BCUT2D eigenvalue weighted by atomic mass is 16.4. The molecule has 0 heterocycles. The molecule has 0 spiro atoms. The Hall–Kier alpha value is -1.61. The third-order valence-electron chi connectivity index (χ3n) is 3.90. The lowest BCUT2D eigenvalue weighted by Crippen LogP contribution is -2.36. The van der Waals surface area contributed by atoms with E-state index in [2.05, 4.69) is 31.7 Å². The zero-order valence-corrected chi connectivity index (χ0v) is 11.4. The van der Waals surface area contributed by atoms with Crippen LogP contribution in [0, 0.1) is 0 Å². The monoisotopic (exact) mass is 259 g/mol. The van der Waals surface area contributed by atoms with Crippen LogP contribution in [0.25, 0.3) is 0 Å². The maximum absolute atomic E-state index is 11.0. The summed E-state index contributed by atoms with van der Waals surface area (Å²) in [6.45, 7) is 6.66. The van der Waals surface area contributed by atoms with Gasteiger partial charge in [-0.3, -0.25) is 9.69 Å². The highest BCUT2D eigenvalue weighted by Gasteiger charge is 2.29. The van der Waals surface area contributed by atoms with Crippen molar-refractivity contribution in [1.29, 1.82) is 0 Å². The number of hydrogen-bond acceptors (Lipinski definition) is 2. The van der Waals surface area contributed by atoms with Crippen molar-refractivity contribution in [3.63, 3.8) is 0 Å². The van der Waals surface area contributed by atoms with Crippen LogP contribution in [0.2, 0.25) is 0 Å². The van der Waals surface area contributed by atoms with E-state index < -0.39 is 5.97 Å². The Kier molecular flexibility index (Phi) is 4.38. The van der Waals surface area contributed by atoms with Crippen LogP contribution < -0.4 is 0 Å². The van der Waals surface area contributed by atoms with Gasteiger partial charge < -0.3 is 5.11 Å². The van der Waals surface area contributed by atoms with Crippen LogP contribution in [0.3, 0.4) is 0 Å². The summed E-state index contributed by atoms with van der Waals surface area (Å²) in [7, 11) is 0. The van der Waals surface area contributed by atoms with Crippen molar-refractivity contribution in [2.24, 2.45) is 0 Å². The standard InChI is InChI=1S/C16H21NO2/c1-3-10-17(11-16(18)19)15-9-8-12(2)13-6-4-5-7-14(13)15/h3-7,12,15H,1,8-11H2,2H3,(H,18,19).